The summed E-state index contributed by atoms with van der Waals surface area (Å²) in [5.41, 5.74) is 0. The molecule has 12 heavy (non-hydrogen) atoms. The molecule has 0 saturated heterocycles. The van der Waals surface area contributed by atoms with Crippen molar-refractivity contribution in [2.45, 2.75) is 25.9 Å². The molecule has 1 aromatic heterocycles. The van der Waals surface area contributed by atoms with Crippen molar-refractivity contribution in [1.29, 1.82) is 0 Å². The average Bonchev–Trinajstić information content (AvgIpc) is 2.48. The highest BCUT2D eigenvalue weighted by Gasteiger charge is 2.04. The van der Waals surface area contributed by atoms with Gasteiger partial charge in [0.25, 0.3) is 5.88 Å². The van der Waals surface area contributed by atoms with Crippen LogP contribution in [0.15, 0.2) is 10.6 Å². The van der Waals surface area contributed by atoms with Gasteiger partial charge in [-0.1, -0.05) is 0 Å². The summed E-state index contributed by atoms with van der Waals surface area (Å²) in [6.45, 7) is 1.74. The predicted octanol–water partition coefficient (Wildman–Crippen LogP) is 0.997. The van der Waals surface area contributed by atoms with Crippen molar-refractivity contribution in [1.82, 2.24) is 5.16 Å². The Bertz CT molecular complexity index is 232. The van der Waals surface area contributed by atoms with Crippen LogP contribution in [0.25, 0.3) is 0 Å². The van der Waals surface area contributed by atoms with Crippen molar-refractivity contribution in [2.24, 2.45) is 0 Å². The summed E-state index contributed by atoms with van der Waals surface area (Å²) < 4.78 is 9.75. The lowest BCUT2D eigenvalue weighted by atomic mass is 10.2. The first-order valence-electron chi connectivity index (χ1n) is 3.90. The molecule has 1 rings (SSSR count). The van der Waals surface area contributed by atoms with Crippen LogP contribution in [0.2, 0.25) is 0 Å². The fourth-order valence-corrected chi connectivity index (χ4v) is 0.859. The Labute approximate surface area is 71.1 Å². The van der Waals surface area contributed by atoms with E-state index < -0.39 is 0 Å². The highest BCUT2D eigenvalue weighted by Crippen LogP contribution is 2.12. The Balaban J connectivity index is 2.41. The van der Waals surface area contributed by atoms with Gasteiger partial charge in [-0.2, -0.15) is 0 Å². The van der Waals surface area contributed by atoms with Gasteiger partial charge in [-0.05, 0) is 18.5 Å². The van der Waals surface area contributed by atoms with Crippen LogP contribution >= 0.6 is 0 Å². The molecule has 68 valence electrons. The smallest absolute Gasteiger partial charge is 0.254 e. The molecule has 0 aliphatic heterocycles. The number of hydrogen-bond acceptors (Lipinski definition) is 4. The molecule has 0 radical (unpaired) electrons. The number of aliphatic hydroxyl groups excluding tert-OH is 1. The largest absolute Gasteiger partial charge is 0.479 e. The summed E-state index contributed by atoms with van der Waals surface area (Å²) in [5, 5.41) is 12.6. The highest BCUT2D eigenvalue weighted by molar-refractivity contribution is 5.10. The predicted molar refractivity (Wildman–Crippen MR) is 43.1 cm³/mol. The van der Waals surface area contributed by atoms with Crippen molar-refractivity contribution in [3.63, 3.8) is 0 Å². The van der Waals surface area contributed by atoms with Crippen LogP contribution in [0.1, 0.15) is 19.1 Å². The zero-order valence-electron chi connectivity index (χ0n) is 7.28. The Morgan fingerprint density at radius 1 is 1.75 bits per heavy atom. The van der Waals surface area contributed by atoms with Crippen molar-refractivity contribution in [3.05, 3.63) is 11.8 Å². The van der Waals surface area contributed by atoms with Crippen LogP contribution in [0, 0.1) is 0 Å². The minimum absolute atomic E-state index is 0.305. The number of aliphatic hydroxyl groups is 1. The van der Waals surface area contributed by atoms with Gasteiger partial charge in [-0.3, -0.25) is 0 Å². The van der Waals surface area contributed by atoms with Gasteiger partial charge in [-0.15, -0.1) is 0 Å². The molecule has 4 heteroatoms. The van der Waals surface area contributed by atoms with Gasteiger partial charge in [0, 0.05) is 12.5 Å². The van der Waals surface area contributed by atoms with Crippen LogP contribution in [0.4, 0.5) is 0 Å². The number of rotatable bonds is 4. The van der Waals surface area contributed by atoms with Crippen LogP contribution < -0.4 is 4.74 Å². The third kappa shape index (κ3) is 2.54. The van der Waals surface area contributed by atoms with Crippen LogP contribution in [-0.2, 0) is 6.42 Å². The topological polar surface area (TPSA) is 55.5 Å². The van der Waals surface area contributed by atoms with E-state index in [-0.39, 0.29) is 6.10 Å². The standard InChI is InChI=1S/C8H13NO3/c1-6(10)3-4-7-5-8(11-2)9-12-7/h5-6,10H,3-4H2,1-2H3/t6-/m1/s1. The molecular formula is C8H13NO3. The Kier molecular flexibility index (Phi) is 3.10. The summed E-state index contributed by atoms with van der Waals surface area (Å²) in [4.78, 5) is 0. The lowest BCUT2D eigenvalue weighted by molar-refractivity contribution is 0.181. The first kappa shape index (κ1) is 9.06. The minimum atomic E-state index is -0.305. The van der Waals surface area contributed by atoms with E-state index in [1.807, 2.05) is 0 Å². The summed E-state index contributed by atoms with van der Waals surface area (Å²) >= 11 is 0. The van der Waals surface area contributed by atoms with E-state index in [1.54, 1.807) is 13.0 Å². The molecular weight excluding hydrogens is 158 g/mol. The molecule has 0 bridgehead atoms. The maximum absolute atomic E-state index is 8.98. The van der Waals surface area contributed by atoms with Crippen LogP contribution in [0.5, 0.6) is 5.88 Å². The van der Waals surface area contributed by atoms with Gasteiger partial charge in [0.2, 0.25) is 0 Å². The maximum atomic E-state index is 8.98. The average molecular weight is 171 g/mol. The molecule has 0 amide bonds. The van der Waals surface area contributed by atoms with Crippen LogP contribution in [-0.4, -0.2) is 23.5 Å². The number of hydrogen-bond donors (Lipinski definition) is 1. The van der Waals surface area contributed by atoms with Gasteiger partial charge in [0.1, 0.15) is 5.76 Å². The van der Waals surface area contributed by atoms with Gasteiger partial charge in [0.05, 0.1) is 13.2 Å². The Morgan fingerprint density at radius 2 is 2.50 bits per heavy atom. The molecule has 0 spiro atoms. The second kappa shape index (κ2) is 4.11. The van der Waals surface area contributed by atoms with Gasteiger partial charge >= 0.3 is 0 Å². The van der Waals surface area contributed by atoms with Crippen molar-refractivity contribution < 1.29 is 14.4 Å². The van der Waals surface area contributed by atoms with E-state index in [0.29, 0.717) is 18.7 Å². The van der Waals surface area contributed by atoms with E-state index in [4.69, 9.17) is 14.4 Å². The molecule has 1 N–H and O–H groups in total. The number of ether oxygens (including phenoxy) is 1. The molecule has 0 aliphatic rings. The highest BCUT2D eigenvalue weighted by atomic mass is 16.5. The third-order valence-corrected chi connectivity index (χ3v) is 1.55. The van der Waals surface area contributed by atoms with Crippen molar-refractivity contribution in [3.8, 4) is 5.88 Å². The summed E-state index contributed by atoms with van der Waals surface area (Å²) in [5.74, 6) is 1.23. The van der Waals surface area contributed by atoms with Gasteiger partial charge in [0.15, 0.2) is 0 Å². The monoisotopic (exact) mass is 171 g/mol. The van der Waals surface area contributed by atoms with E-state index >= 15 is 0 Å². The van der Waals surface area contributed by atoms with Crippen LogP contribution in [0.3, 0.4) is 0 Å². The van der Waals surface area contributed by atoms with Gasteiger partial charge in [-0.25, -0.2) is 0 Å². The zero-order chi connectivity index (χ0) is 8.97. The van der Waals surface area contributed by atoms with Gasteiger partial charge < -0.3 is 14.4 Å². The number of aromatic nitrogens is 1. The number of nitrogens with zero attached hydrogens (tertiary/aromatic N) is 1. The second-order valence-electron chi connectivity index (χ2n) is 2.72. The molecule has 0 unspecified atom stereocenters. The first-order valence-corrected chi connectivity index (χ1v) is 3.90. The second-order valence-corrected chi connectivity index (χ2v) is 2.72. The third-order valence-electron chi connectivity index (χ3n) is 1.55. The Morgan fingerprint density at radius 3 is 3.00 bits per heavy atom. The SMILES string of the molecule is COc1cc(CC[C@@H](C)O)on1. The maximum Gasteiger partial charge on any atom is 0.254 e. The van der Waals surface area contributed by atoms with Crippen molar-refractivity contribution >= 4 is 0 Å². The van der Waals surface area contributed by atoms with Crippen molar-refractivity contribution in [2.75, 3.05) is 7.11 Å². The Hall–Kier alpha value is -1.03. The molecule has 1 heterocycles. The van der Waals surface area contributed by atoms with E-state index in [9.17, 15) is 0 Å². The molecule has 0 aromatic carbocycles. The molecule has 1 aromatic rings. The fraction of sp³-hybridized carbons (Fsp3) is 0.625. The fourth-order valence-electron chi connectivity index (χ4n) is 0.859. The van der Waals surface area contributed by atoms with E-state index in [2.05, 4.69) is 5.16 Å². The first-order chi connectivity index (χ1) is 5.72. The summed E-state index contributed by atoms with van der Waals surface area (Å²) in [6.07, 6.45) is 1.06. The zero-order valence-corrected chi connectivity index (χ0v) is 7.28. The van der Waals surface area contributed by atoms with E-state index in [0.717, 1.165) is 5.76 Å². The molecule has 0 fully saturated rings. The summed E-state index contributed by atoms with van der Waals surface area (Å²) in [7, 11) is 1.54. The molecule has 0 aliphatic carbocycles. The normalized spacial score (nSPS) is 12.9. The summed E-state index contributed by atoms with van der Waals surface area (Å²) in [6, 6.07) is 1.72. The number of methoxy groups -OCH3 is 1. The van der Waals surface area contributed by atoms with E-state index in [1.165, 1.54) is 7.11 Å². The quantitative estimate of drug-likeness (QED) is 0.734. The lowest BCUT2D eigenvalue weighted by Gasteiger charge is -1.98. The lowest BCUT2D eigenvalue weighted by Crippen LogP contribution is -2.00. The number of aryl methyl sites for hydroxylation is 1. The minimum Gasteiger partial charge on any atom is -0.479 e. The molecule has 0 saturated carbocycles. The molecule has 4 nitrogen and oxygen atoms in total. The molecule has 1 atom stereocenters.